The summed E-state index contributed by atoms with van der Waals surface area (Å²) in [7, 11) is 0. The zero-order valence-electron chi connectivity index (χ0n) is 15.4. The van der Waals surface area contributed by atoms with E-state index >= 15 is 0 Å². The van der Waals surface area contributed by atoms with Gasteiger partial charge < -0.3 is 5.11 Å². The van der Waals surface area contributed by atoms with Gasteiger partial charge in [0.2, 0.25) is 0 Å². The third kappa shape index (κ3) is 3.39. The Kier molecular flexibility index (Phi) is 4.65. The van der Waals surface area contributed by atoms with Crippen LogP contribution in [0.25, 0.3) is 22.3 Å². The van der Waals surface area contributed by atoms with Crippen molar-refractivity contribution in [1.29, 1.82) is 0 Å². The van der Waals surface area contributed by atoms with Crippen molar-refractivity contribution in [3.63, 3.8) is 0 Å². The first-order valence-electron chi connectivity index (χ1n) is 9.07. The smallest absolute Gasteiger partial charge is 0.261 e. The summed E-state index contributed by atoms with van der Waals surface area (Å²) in [6.07, 6.45) is 0.470. The number of aromatic nitrogens is 2. The van der Waals surface area contributed by atoms with Crippen LogP contribution in [0.15, 0.2) is 71.5 Å². The van der Waals surface area contributed by atoms with Crippen molar-refractivity contribution in [2.75, 3.05) is 0 Å². The van der Waals surface area contributed by atoms with Crippen LogP contribution in [0.3, 0.4) is 0 Å². The molecule has 0 fully saturated rings. The molecule has 28 heavy (non-hydrogen) atoms. The van der Waals surface area contributed by atoms with Gasteiger partial charge in [0.25, 0.3) is 5.56 Å². The first-order chi connectivity index (χ1) is 13.5. The van der Waals surface area contributed by atoms with Crippen LogP contribution in [0.4, 0.5) is 4.39 Å². The van der Waals surface area contributed by atoms with Crippen molar-refractivity contribution in [3.05, 3.63) is 94.0 Å². The summed E-state index contributed by atoms with van der Waals surface area (Å²) >= 11 is 0. The molecule has 0 saturated heterocycles. The summed E-state index contributed by atoms with van der Waals surface area (Å²) in [5.41, 5.74) is 2.65. The number of phenols is 1. The predicted octanol–water partition coefficient (Wildman–Crippen LogP) is 4.46. The van der Waals surface area contributed by atoms with Gasteiger partial charge in [-0.15, -0.1) is 0 Å². The van der Waals surface area contributed by atoms with Crippen LogP contribution in [-0.2, 0) is 13.0 Å². The van der Waals surface area contributed by atoms with Gasteiger partial charge in [0.1, 0.15) is 17.4 Å². The topological polar surface area (TPSA) is 55.1 Å². The van der Waals surface area contributed by atoms with Crippen molar-refractivity contribution in [2.45, 2.75) is 19.9 Å². The summed E-state index contributed by atoms with van der Waals surface area (Å²) < 4.78 is 15.1. The third-order valence-electron chi connectivity index (χ3n) is 4.77. The van der Waals surface area contributed by atoms with E-state index in [2.05, 4.69) is 4.98 Å². The van der Waals surface area contributed by atoms with Crippen LogP contribution >= 0.6 is 0 Å². The highest BCUT2D eigenvalue weighted by Crippen LogP contribution is 2.28. The Balaban J connectivity index is 1.88. The van der Waals surface area contributed by atoms with E-state index in [1.54, 1.807) is 34.9 Å². The molecular weight excluding hydrogens is 355 g/mol. The molecule has 0 radical (unpaired) electrons. The molecular formula is C23H19FN2O2. The number of hydrogen-bond acceptors (Lipinski definition) is 3. The number of para-hydroxylation sites is 1. The second kappa shape index (κ2) is 7.27. The zero-order chi connectivity index (χ0) is 19.7. The molecule has 0 aliphatic heterocycles. The lowest BCUT2D eigenvalue weighted by Gasteiger charge is -2.15. The Morgan fingerprint density at radius 2 is 1.86 bits per heavy atom. The molecule has 1 heterocycles. The lowest BCUT2D eigenvalue weighted by atomic mass is 10.1. The molecule has 4 nitrogen and oxygen atoms in total. The quantitative estimate of drug-likeness (QED) is 0.574. The molecule has 0 atom stereocenters. The number of fused-ring (bicyclic) bond motifs is 1. The zero-order valence-corrected chi connectivity index (χ0v) is 15.4. The van der Waals surface area contributed by atoms with Gasteiger partial charge in [-0.05, 0) is 55.3 Å². The molecule has 3 aromatic carbocycles. The van der Waals surface area contributed by atoms with E-state index in [9.17, 15) is 14.3 Å². The van der Waals surface area contributed by atoms with Crippen molar-refractivity contribution in [2.24, 2.45) is 0 Å². The summed E-state index contributed by atoms with van der Waals surface area (Å²) in [5, 5.41) is 10.8. The van der Waals surface area contributed by atoms with Crippen LogP contribution in [0, 0.1) is 12.7 Å². The Morgan fingerprint density at radius 1 is 1.04 bits per heavy atom. The second-order valence-electron chi connectivity index (χ2n) is 6.81. The number of hydrogen-bond donors (Lipinski definition) is 1. The second-order valence-corrected chi connectivity index (χ2v) is 6.81. The predicted molar refractivity (Wildman–Crippen MR) is 108 cm³/mol. The molecule has 0 saturated carbocycles. The van der Waals surface area contributed by atoms with Gasteiger partial charge in [0.15, 0.2) is 0 Å². The minimum atomic E-state index is -0.307. The maximum Gasteiger partial charge on any atom is 0.261 e. The fourth-order valence-electron chi connectivity index (χ4n) is 3.34. The van der Waals surface area contributed by atoms with Crippen molar-refractivity contribution < 1.29 is 9.50 Å². The van der Waals surface area contributed by atoms with Gasteiger partial charge in [0.05, 0.1) is 16.5 Å². The maximum atomic E-state index is 13.5. The molecule has 4 aromatic rings. The van der Waals surface area contributed by atoms with E-state index in [4.69, 9.17) is 0 Å². The molecule has 0 amide bonds. The van der Waals surface area contributed by atoms with Gasteiger partial charge >= 0.3 is 0 Å². The first kappa shape index (κ1) is 17.9. The summed E-state index contributed by atoms with van der Waals surface area (Å²) in [6.45, 7) is 2.25. The minimum Gasteiger partial charge on any atom is -0.507 e. The Hall–Kier alpha value is -3.47. The van der Waals surface area contributed by atoms with E-state index in [1.807, 2.05) is 31.2 Å². The summed E-state index contributed by atoms with van der Waals surface area (Å²) in [6, 6.07) is 18.7. The first-order valence-corrected chi connectivity index (χ1v) is 9.07. The van der Waals surface area contributed by atoms with Gasteiger partial charge in [-0.3, -0.25) is 9.36 Å². The van der Waals surface area contributed by atoms with Crippen molar-refractivity contribution in [3.8, 4) is 17.1 Å². The molecule has 140 valence electrons. The highest BCUT2D eigenvalue weighted by atomic mass is 19.1. The SMILES string of the molecule is Cc1ccc2nc(-c3ccccc3O)n(CCc3cccc(F)c3)c(=O)c2c1. The third-order valence-corrected chi connectivity index (χ3v) is 4.77. The number of rotatable bonds is 4. The molecule has 0 spiro atoms. The van der Waals surface area contributed by atoms with Crippen LogP contribution in [0.1, 0.15) is 11.1 Å². The van der Waals surface area contributed by atoms with E-state index in [-0.39, 0.29) is 17.1 Å². The average molecular weight is 374 g/mol. The highest BCUT2D eigenvalue weighted by molar-refractivity contribution is 5.81. The molecule has 1 N–H and O–H groups in total. The number of halogens is 1. The summed E-state index contributed by atoms with van der Waals surface area (Å²) in [4.78, 5) is 17.9. The van der Waals surface area contributed by atoms with Gasteiger partial charge in [-0.1, -0.05) is 35.9 Å². The molecule has 0 aliphatic rings. The van der Waals surface area contributed by atoms with Crippen molar-refractivity contribution >= 4 is 10.9 Å². The average Bonchev–Trinajstić information content (AvgIpc) is 2.68. The minimum absolute atomic E-state index is 0.0559. The molecule has 0 unspecified atom stereocenters. The highest BCUT2D eigenvalue weighted by Gasteiger charge is 2.15. The van der Waals surface area contributed by atoms with E-state index in [0.717, 1.165) is 11.1 Å². The maximum absolute atomic E-state index is 13.5. The van der Waals surface area contributed by atoms with Crippen LogP contribution in [0.2, 0.25) is 0 Å². The Labute approximate surface area is 161 Å². The van der Waals surface area contributed by atoms with Gasteiger partial charge in [0, 0.05) is 6.54 Å². The lowest BCUT2D eigenvalue weighted by Crippen LogP contribution is -2.24. The fraction of sp³-hybridized carbons (Fsp3) is 0.130. The number of phenolic OH excluding ortho intramolecular Hbond substituents is 1. The molecule has 0 bridgehead atoms. The molecule has 5 heteroatoms. The van der Waals surface area contributed by atoms with Crippen LogP contribution in [-0.4, -0.2) is 14.7 Å². The van der Waals surface area contributed by atoms with Crippen LogP contribution < -0.4 is 5.56 Å². The number of aryl methyl sites for hydroxylation is 2. The molecule has 4 rings (SSSR count). The van der Waals surface area contributed by atoms with E-state index in [0.29, 0.717) is 35.3 Å². The van der Waals surface area contributed by atoms with Gasteiger partial charge in [-0.25, -0.2) is 9.37 Å². The fourth-order valence-corrected chi connectivity index (χ4v) is 3.34. The molecule has 0 aliphatic carbocycles. The summed E-state index contributed by atoms with van der Waals surface area (Å²) in [5.74, 6) is 0.147. The van der Waals surface area contributed by atoms with E-state index in [1.165, 1.54) is 12.1 Å². The van der Waals surface area contributed by atoms with Gasteiger partial charge in [-0.2, -0.15) is 0 Å². The monoisotopic (exact) mass is 374 g/mol. The Bertz CT molecular complexity index is 1230. The largest absolute Gasteiger partial charge is 0.507 e. The normalized spacial score (nSPS) is 11.1. The standard InChI is InChI=1S/C23H19FN2O2/c1-15-9-10-20-19(13-15)23(28)26(12-11-16-5-4-6-17(24)14-16)22(25-20)18-7-2-3-8-21(18)27/h2-10,13-14,27H,11-12H2,1H3. The Morgan fingerprint density at radius 3 is 2.64 bits per heavy atom. The van der Waals surface area contributed by atoms with Crippen LogP contribution in [0.5, 0.6) is 5.75 Å². The molecule has 1 aromatic heterocycles. The number of benzene rings is 3. The number of aromatic hydroxyl groups is 1. The lowest BCUT2D eigenvalue weighted by molar-refractivity contribution is 0.476. The van der Waals surface area contributed by atoms with Crippen molar-refractivity contribution in [1.82, 2.24) is 9.55 Å². The van der Waals surface area contributed by atoms with E-state index < -0.39 is 0 Å². The number of nitrogens with zero attached hydrogens (tertiary/aromatic N) is 2.